The van der Waals surface area contributed by atoms with Crippen molar-refractivity contribution in [1.82, 2.24) is 15.1 Å². The number of nitrogens with one attached hydrogen (secondary N) is 1. The van der Waals surface area contributed by atoms with Crippen molar-refractivity contribution in [2.75, 3.05) is 18.6 Å². The van der Waals surface area contributed by atoms with Crippen LogP contribution in [0.5, 0.6) is 5.75 Å². The summed E-state index contributed by atoms with van der Waals surface area (Å²) in [6.45, 7) is 1.73. The zero-order chi connectivity index (χ0) is 17.4. The molecule has 0 aliphatic carbocycles. The molecule has 1 aliphatic rings. The highest BCUT2D eigenvalue weighted by atomic mass is 32.2. The molecule has 1 atom stereocenters. The fraction of sp³-hybridized carbons (Fsp3) is 0.375. The SMILES string of the molecule is COc1cn(-c2ccccc2)nc1C(=O)NC1(C)CCS(=O)(=O)C1. The quantitative estimate of drug-likeness (QED) is 0.895. The van der Waals surface area contributed by atoms with Crippen LogP contribution in [0.2, 0.25) is 0 Å². The topological polar surface area (TPSA) is 90.3 Å². The third-order valence-electron chi connectivity index (χ3n) is 4.06. The number of hydrogen-bond acceptors (Lipinski definition) is 5. The molecule has 0 spiro atoms. The average Bonchev–Trinajstić information content (AvgIpc) is 3.09. The Morgan fingerprint density at radius 3 is 2.62 bits per heavy atom. The maximum absolute atomic E-state index is 12.6. The molecule has 1 aromatic carbocycles. The summed E-state index contributed by atoms with van der Waals surface area (Å²) in [6.07, 6.45) is 2.01. The summed E-state index contributed by atoms with van der Waals surface area (Å²) in [6, 6.07) is 9.35. The highest BCUT2D eigenvalue weighted by Crippen LogP contribution is 2.25. The molecule has 0 radical (unpaired) electrons. The zero-order valence-electron chi connectivity index (χ0n) is 13.5. The number of rotatable bonds is 4. The number of aromatic nitrogens is 2. The van der Waals surface area contributed by atoms with E-state index in [1.807, 2.05) is 30.3 Å². The first-order valence-corrected chi connectivity index (χ1v) is 9.36. The van der Waals surface area contributed by atoms with E-state index in [0.717, 1.165) is 5.69 Å². The summed E-state index contributed by atoms with van der Waals surface area (Å²) in [5.74, 6) is -0.0887. The Morgan fingerprint density at radius 1 is 1.33 bits per heavy atom. The normalized spacial score (nSPS) is 22.2. The molecule has 8 heteroatoms. The van der Waals surface area contributed by atoms with Crippen molar-refractivity contribution in [2.24, 2.45) is 0 Å². The number of amides is 1. The molecule has 7 nitrogen and oxygen atoms in total. The molecule has 3 rings (SSSR count). The van der Waals surface area contributed by atoms with E-state index in [-0.39, 0.29) is 17.2 Å². The van der Waals surface area contributed by atoms with Gasteiger partial charge in [-0.3, -0.25) is 4.79 Å². The predicted octanol–water partition coefficient (Wildman–Crippen LogP) is 1.19. The van der Waals surface area contributed by atoms with Gasteiger partial charge in [-0.15, -0.1) is 0 Å². The average molecular weight is 349 g/mol. The van der Waals surface area contributed by atoms with Crippen molar-refractivity contribution < 1.29 is 17.9 Å². The van der Waals surface area contributed by atoms with Gasteiger partial charge >= 0.3 is 0 Å². The van der Waals surface area contributed by atoms with Gasteiger partial charge in [-0.25, -0.2) is 13.1 Å². The molecule has 1 fully saturated rings. The molecule has 2 heterocycles. The molecule has 128 valence electrons. The van der Waals surface area contributed by atoms with Crippen LogP contribution in [0.1, 0.15) is 23.8 Å². The van der Waals surface area contributed by atoms with Crippen LogP contribution in [-0.4, -0.2) is 48.3 Å². The Balaban J connectivity index is 1.86. The van der Waals surface area contributed by atoms with Crippen LogP contribution < -0.4 is 10.1 Å². The van der Waals surface area contributed by atoms with Crippen LogP contribution in [0.3, 0.4) is 0 Å². The summed E-state index contributed by atoms with van der Waals surface area (Å²) in [7, 11) is -1.64. The highest BCUT2D eigenvalue weighted by molar-refractivity contribution is 7.91. The number of sulfone groups is 1. The minimum Gasteiger partial charge on any atom is -0.493 e. The highest BCUT2D eigenvalue weighted by Gasteiger charge is 2.40. The Bertz CT molecular complexity index is 861. The minimum atomic E-state index is -3.11. The number of carbonyl (C=O) groups excluding carboxylic acids is 1. The summed E-state index contributed by atoms with van der Waals surface area (Å²) < 4.78 is 30.2. The molecule has 24 heavy (non-hydrogen) atoms. The maximum Gasteiger partial charge on any atom is 0.276 e. The van der Waals surface area contributed by atoms with E-state index in [2.05, 4.69) is 10.4 Å². The number of ether oxygens (including phenoxy) is 1. The van der Waals surface area contributed by atoms with Gasteiger partial charge in [0.15, 0.2) is 21.3 Å². The van der Waals surface area contributed by atoms with Crippen molar-refractivity contribution in [3.8, 4) is 11.4 Å². The van der Waals surface area contributed by atoms with Crippen molar-refractivity contribution in [3.63, 3.8) is 0 Å². The Morgan fingerprint density at radius 2 is 2.04 bits per heavy atom. The number of para-hydroxylation sites is 1. The van der Waals surface area contributed by atoms with Crippen LogP contribution in [0.25, 0.3) is 5.69 Å². The summed E-state index contributed by atoms with van der Waals surface area (Å²) in [5, 5.41) is 7.08. The number of hydrogen-bond donors (Lipinski definition) is 1. The Hall–Kier alpha value is -2.35. The van der Waals surface area contributed by atoms with Gasteiger partial charge < -0.3 is 10.1 Å². The number of methoxy groups -OCH3 is 1. The van der Waals surface area contributed by atoms with E-state index in [4.69, 9.17) is 4.74 Å². The van der Waals surface area contributed by atoms with Crippen molar-refractivity contribution in [2.45, 2.75) is 18.9 Å². The standard InChI is InChI=1S/C16H19N3O4S/c1-16(8-9-24(21,22)11-16)17-15(20)14-13(23-2)10-19(18-14)12-6-4-3-5-7-12/h3-7,10H,8-9,11H2,1-2H3,(H,17,20). The first-order valence-electron chi connectivity index (χ1n) is 7.54. The van der Waals surface area contributed by atoms with Gasteiger partial charge in [0.05, 0.1) is 36.0 Å². The van der Waals surface area contributed by atoms with Gasteiger partial charge in [0.1, 0.15) is 0 Å². The summed E-state index contributed by atoms with van der Waals surface area (Å²) >= 11 is 0. The van der Waals surface area contributed by atoms with Crippen LogP contribution in [0.4, 0.5) is 0 Å². The second-order valence-corrected chi connectivity index (χ2v) is 8.37. The van der Waals surface area contributed by atoms with Crippen molar-refractivity contribution in [3.05, 3.63) is 42.2 Å². The van der Waals surface area contributed by atoms with Gasteiger partial charge in [-0.1, -0.05) is 18.2 Å². The van der Waals surface area contributed by atoms with E-state index < -0.39 is 21.3 Å². The molecular formula is C16H19N3O4S. The number of benzene rings is 1. The molecule has 0 bridgehead atoms. The van der Waals surface area contributed by atoms with E-state index in [1.54, 1.807) is 17.8 Å². The lowest BCUT2D eigenvalue weighted by molar-refractivity contribution is 0.0907. The Kier molecular flexibility index (Phi) is 4.08. The first-order chi connectivity index (χ1) is 11.3. The van der Waals surface area contributed by atoms with Gasteiger partial charge in [0, 0.05) is 0 Å². The smallest absolute Gasteiger partial charge is 0.276 e. The summed E-state index contributed by atoms with van der Waals surface area (Å²) in [5.41, 5.74) is 0.147. The molecule has 1 amide bonds. The second-order valence-electron chi connectivity index (χ2n) is 6.18. The zero-order valence-corrected chi connectivity index (χ0v) is 14.3. The van der Waals surface area contributed by atoms with E-state index >= 15 is 0 Å². The molecule has 0 saturated carbocycles. The van der Waals surface area contributed by atoms with Crippen LogP contribution >= 0.6 is 0 Å². The molecule has 1 N–H and O–H groups in total. The molecule has 1 unspecified atom stereocenters. The van der Waals surface area contributed by atoms with E-state index in [9.17, 15) is 13.2 Å². The second kappa shape index (κ2) is 5.94. The third-order valence-corrected chi connectivity index (χ3v) is 5.96. The lowest BCUT2D eigenvalue weighted by atomic mass is 10.0. The number of carbonyl (C=O) groups is 1. The monoisotopic (exact) mass is 349 g/mol. The fourth-order valence-electron chi connectivity index (χ4n) is 2.82. The summed E-state index contributed by atoms with van der Waals surface area (Å²) in [4.78, 5) is 12.6. The maximum atomic E-state index is 12.6. The number of nitrogens with zero attached hydrogens (tertiary/aromatic N) is 2. The van der Waals surface area contributed by atoms with E-state index in [1.165, 1.54) is 7.11 Å². The van der Waals surface area contributed by atoms with Gasteiger partial charge in [-0.2, -0.15) is 5.10 Å². The third kappa shape index (κ3) is 3.28. The minimum absolute atomic E-state index is 0.0621. The van der Waals surface area contributed by atoms with Crippen molar-refractivity contribution in [1.29, 1.82) is 0 Å². The van der Waals surface area contributed by atoms with Crippen LogP contribution in [0.15, 0.2) is 36.5 Å². The predicted molar refractivity (Wildman–Crippen MR) is 89.3 cm³/mol. The van der Waals surface area contributed by atoms with Crippen molar-refractivity contribution >= 4 is 15.7 Å². The molecular weight excluding hydrogens is 330 g/mol. The van der Waals surface area contributed by atoms with Crippen LogP contribution in [-0.2, 0) is 9.84 Å². The Labute approximate surface area is 140 Å². The molecule has 1 saturated heterocycles. The largest absolute Gasteiger partial charge is 0.493 e. The first kappa shape index (κ1) is 16.5. The van der Waals surface area contributed by atoms with Gasteiger partial charge in [-0.05, 0) is 25.5 Å². The molecule has 1 aliphatic heterocycles. The fourth-order valence-corrected chi connectivity index (χ4v) is 4.91. The van der Waals surface area contributed by atoms with Crippen LogP contribution in [0, 0.1) is 0 Å². The molecule has 1 aromatic heterocycles. The lowest BCUT2D eigenvalue weighted by Gasteiger charge is -2.23. The molecule has 2 aromatic rings. The van der Waals surface area contributed by atoms with E-state index in [0.29, 0.717) is 12.2 Å². The van der Waals surface area contributed by atoms with Gasteiger partial charge in [0.2, 0.25) is 0 Å². The lowest BCUT2D eigenvalue weighted by Crippen LogP contribution is -2.47. The van der Waals surface area contributed by atoms with Gasteiger partial charge in [0.25, 0.3) is 5.91 Å².